The van der Waals surface area contributed by atoms with Crippen molar-refractivity contribution in [2.24, 2.45) is 4.99 Å². The van der Waals surface area contributed by atoms with Crippen LogP contribution in [0.2, 0.25) is 10.2 Å². The molecule has 3 heterocycles. The number of carbonyl (C=O) groups excluding carboxylic acids is 2. The minimum Gasteiger partial charge on any atom is -0.343 e. The van der Waals surface area contributed by atoms with E-state index in [9.17, 15) is 22.8 Å². The summed E-state index contributed by atoms with van der Waals surface area (Å²) in [7, 11) is 0. The van der Waals surface area contributed by atoms with Crippen LogP contribution in [0.4, 0.5) is 19.0 Å². The van der Waals surface area contributed by atoms with Crippen molar-refractivity contribution < 1.29 is 22.8 Å². The van der Waals surface area contributed by atoms with Gasteiger partial charge >= 0.3 is 6.18 Å². The molecule has 14 heteroatoms. The van der Waals surface area contributed by atoms with Gasteiger partial charge in [0.2, 0.25) is 5.91 Å². The molecule has 3 aromatic heterocycles. The first kappa shape index (κ1) is 30.9. The molecule has 8 nitrogen and oxygen atoms in total. The van der Waals surface area contributed by atoms with Gasteiger partial charge in [-0.1, -0.05) is 36.2 Å². The van der Waals surface area contributed by atoms with Crippen molar-refractivity contribution >= 4 is 57.9 Å². The quantitative estimate of drug-likeness (QED) is 0.153. The van der Waals surface area contributed by atoms with Crippen molar-refractivity contribution in [3.05, 3.63) is 91.9 Å². The van der Waals surface area contributed by atoms with Gasteiger partial charge < -0.3 is 10.6 Å². The van der Waals surface area contributed by atoms with Gasteiger partial charge in [-0.05, 0) is 44.5 Å². The summed E-state index contributed by atoms with van der Waals surface area (Å²) in [6.07, 6.45) is 4.82. The average Bonchev–Trinajstić information content (AvgIpc) is 3.40. The molecule has 0 saturated carbocycles. The number of hydrogen-bond acceptors (Lipinski definition) is 7. The van der Waals surface area contributed by atoms with E-state index < -0.39 is 34.6 Å². The standard InChI is InChI=1S/C26H23Cl2F3N6O2S/c1-4-5-8-32-19(16-6-7-21(28)33-11-16)9-14(2)23(38)36-15(3)25-35-13-20(40-25)24(39)37-22-10-17(26(29,30)31)18(27)12-34-22/h5-13,15H,4H2,1-3H3,(H,36,38)(H,34,37,39)/b8-5+,14-9+,32-19+. The lowest BCUT2D eigenvalue weighted by Crippen LogP contribution is -2.27. The Morgan fingerprint density at radius 2 is 1.90 bits per heavy atom. The average molecular weight is 611 g/mol. The maximum absolute atomic E-state index is 13.1. The molecule has 40 heavy (non-hydrogen) atoms. The van der Waals surface area contributed by atoms with Crippen LogP contribution in [-0.4, -0.2) is 32.5 Å². The molecule has 3 rings (SSSR count). The number of nitrogens with one attached hydrogen (secondary N) is 2. The molecule has 2 amide bonds. The van der Waals surface area contributed by atoms with Crippen molar-refractivity contribution in [1.82, 2.24) is 20.3 Å². The Morgan fingerprint density at radius 3 is 2.55 bits per heavy atom. The number of aliphatic imine (C=N–C) groups is 1. The molecule has 0 aliphatic heterocycles. The van der Waals surface area contributed by atoms with Crippen LogP contribution in [0.25, 0.3) is 0 Å². The normalized spacial score (nSPS) is 13.4. The molecule has 0 fully saturated rings. The van der Waals surface area contributed by atoms with E-state index in [1.165, 1.54) is 6.20 Å². The minimum absolute atomic E-state index is 0.112. The zero-order valence-electron chi connectivity index (χ0n) is 21.4. The van der Waals surface area contributed by atoms with Gasteiger partial charge in [0.25, 0.3) is 5.91 Å². The zero-order chi connectivity index (χ0) is 29.4. The van der Waals surface area contributed by atoms with E-state index in [-0.39, 0.29) is 10.7 Å². The largest absolute Gasteiger partial charge is 0.418 e. The summed E-state index contributed by atoms with van der Waals surface area (Å²) in [6.45, 7) is 5.28. The van der Waals surface area contributed by atoms with E-state index in [4.69, 9.17) is 23.2 Å². The summed E-state index contributed by atoms with van der Waals surface area (Å²) in [5.74, 6) is -1.42. The lowest BCUT2D eigenvalue weighted by molar-refractivity contribution is -0.137. The third-order valence-electron chi connectivity index (χ3n) is 5.16. The highest BCUT2D eigenvalue weighted by Gasteiger charge is 2.34. The van der Waals surface area contributed by atoms with E-state index in [1.807, 2.05) is 13.0 Å². The molecule has 3 aromatic rings. The van der Waals surface area contributed by atoms with E-state index >= 15 is 0 Å². The zero-order valence-corrected chi connectivity index (χ0v) is 23.7. The Morgan fingerprint density at radius 1 is 1.15 bits per heavy atom. The molecule has 0 saturated heterocycles. The fourth-order valence-electron chi connectivity index (χ4n) is 3.10. The van der Waals surface area contributed by atoms with E-state index in [1.54, 1.807) is 44.5 Å². The van der Waals surface area contributed by atoms with Crippen LogP contribution in [0.3, 0.4) is 0 Å². The van der Waals surface area contributed by atoms with Crippen molar-refractivity contribution in [1.29, 1.82) is 0 Å². The number of anilines is 1. The van der Waals surface area contributed by atoms with Crippen LogP contribution < -0.4 is 10.6 Å². The maximum atomic E-state index is 13.1. The van der Waals surface area contributed by atoms with Crippen molar-refractivity contribution in [2.45, 2.75) is 39.4 Å². The highest BCUT2D eigenvalue weighted by atomic mass is 35.5. The Kier molecular flexibility index (Phi) is 10.5. The summed E-state index contributed by atoms with van der Waals surface area (Å²) < 4.78 is 39.3. The number of aromatic nitrogens is 3. The molecule has 0 spiro atoms. The van der Waals surface area contributed by atoms with Crippen molar-refractivity contribution in [2.75, 3.05) is 5.32 Å². The van der Waals surface area contributed by atoms with Crippen LogP contribution in [0.15, 0.2) is 65.7 Å². The fourth-order valence-corrected chi connectivity index (χ4v) is 4.24. The number of allylic oxidation sites excluding steroid dienone is 2. The second-order valence-corrected chi connectivity index (χ2v) is 10.1. The van der Waals surface area contributed by atoms with Gasteiger partial charge in [0.05, 0.1) is 28.5 Å². The number of alkyl halides is 3. The summed E-state index contributed by atoms with van der Waals surface area (Å²) >= 11 is 12.4. The number of amides is 2. The summed E-state index contributed by atoms with van der Waals surface area (Å²) in [4.78, 5) is 42.0. The van der Waals surface area contributed by atoms with Gasteiger partial charge in [-0.25, -0.2) is 15.0 Å². The van der Waals surface area contributed by atoms with Crippen LogP contribution in [0.1, 0.15) is 59.0 Å². The predicted octanol–water partition coefficient (Wildman–Crippen LogP) is 7.05. The van der Waals surface area contributed by atoms with Crippen LogP contribution >= 0.6 is 34.5 Å². The molecule has 0 radical (unpaired) electrons. The lowest BCUT2D eigenvalue weighted by Gasteiger charge is -2.12. The Bertz CT molecular complexity index is 1470. The highest BCUT2D eigenvalue weighted by Crippen LogP contribution is 2.35. The smallest absolute Gasteiger partial charge is 0.343 e. The summed E-state index contributed by atoms with van der Waals surface area (Å²) in [6, 6.07) is 3.43. The van der Waals surface area contributed by atoms with E-state index in [0.29, 0.717) is 33.1 Å². The summed E-state index contributed by atoms with van der Waals surface area (Å²) in [5.41, 5.74) is 0.408. The van der Waals surface area contributed by atoms with Crippen LogP contribution in [-0.2, 0) is 11.0 Å². The number of pyridine rings is 2. The Hall–Kier alpha value is -3.61. The minimum atomic E-state index is -4.71. The first-order chi connectivity index (χ1) is 18.9. The number of halogens is 5. The molecule has 0 aliphatic carbocycles. The van der Waals surface area contributed by atoms with Gasteiger partial charge in [0.15, 0.2) is 0 Å². The fraction of sp³-hybridized carbons (Fsp3) is 0.231. The number of nitrogens with zero attached hydrogens (tertiary/aromatic N) is 4. The van der Waals surface area contributed by atoms with Gasteiger partial charge in [-0.15, -0.1) is 11.3 Å². The van der Waals surface area contributed by atoms with Gasteiger partial charge in [0, 0.05) is 29.7 Å². The SMILES string of the molecule is CC/C=C/N=C(\C=C(/C)C(=O)NC(C)c1ncc(C(=O)Nc2cc(C(F)(F)F)c(Cl)cn2)s1)c1ccc(Cl)nc1. The molecule has 0 aromatic carbocycles. The molecule has 0 aliphatic rings. The van der Waals surface area contributed by atoms with Gasteiger partial charge in [0.1, 0.15) is 20.9 Å². The van der Waals surface area contributed by atoms with Gasteiger partial charge in [-0.2, -0.15) is 13.2 Å². The molecular formula is C26H23Cl2F3N6O2S. The summed E-state index contributed by atoms with van der Waals surface area (Å²) in [5, 5.41) is 5.26. The van der Waals surface area contributed by atoms with E-state index in [0.717, 1.165) is 24.0 Å². The van der Waals surface area contributed by atoms with Gasteiger partial charge in [-0.3, -0.25) is 14.6 Å². The Balaban J connectivity index is 1.71. The number of thiazole rings is 1. The molecular weight excluding hydrogens is 588 g/mol. The van der Waals surface area contributed by atoms with Crippen molar-refractivity contribution in [3.63, 3.8) is 0 Å². The molecule has 1 unspecified atom stereocenters. The first-order valence-corrected chi connectivity index (χ1v) is 13.3. The van der Waals surface area contributed by atoms with E-state index in [2.05, 4.69) is 30.6 Å². The maximum Gasteiger partial charge on any atom is 0.418 e. The first-order valence-electron chi connectivity index (χ1n) is 11.7. The van der Waals surface area contributed by atoms with Crippen molar-refractivity contribution in [3.8, 4) is 0 Å². The van der Waals surface area contributed by atoms with Crippen LogP contribution in [0.5, 0.6) is 0 Å². The molecule has 1 atom stereocenters. The Labute approximate surface area is 242 Å². The molecule has 210 valence electrons. The monoisotopic (exact) mass is 610 g/mol. The predicted molar refractivity (Wildman–Crippen MR) is 150 cm³/mol. The lowest BCUT2D eigenvalue weighted by atomic mass is 10.1. The third kappa shape index (κ3) is 8.44. The number of carbonyl (C=O) groups is 2. The number of hydrogen-bond donors (Lipinski definition) is 2. The molecule has 2 N–H and O–H groups in total. The second-order valence-electron chi connectivity index (χ2n) is 8.26. The third-order valence-corrected chi connectivity index (χ3v) is 6.86. The highest BCUT2D eigenvalue weighted by molar-refractivity contribution is 7.13. The second kappa shape index (κ2) is 13.6. The number of rotatable bonds is 9. The van der Waals surface area contributed by atoms with Crippen LogP contribution in [0, 0.1) is 0 Å². The topological polar surface area (TPSA) is 109 Å². The molecule has 0 bridgehead atoms.